The van der Waals surface area contributed by atoms with E-state index in [1.54, 1.807) is 4.90 Å². The van der Waals surface area contributed by atoms with E-state index < -0.39 is 6.04 Å². The topological polar surface area (TPSA) is 46.3 Å². The van der Waals surface area contributed by atoms with Gasteiger partial charge < -0.3 is 10.6 Å². The molecule has 0 saturated carbocycles. The normalized spacial score (nSPS) is 18.0. The Morgan fingerprint density at radius 3 is 2.70 bits per heavy atom. The van der Waals surface area contributed by atoms with Gasteiger partial charge in [-0.1, -0.05) is 48.0 Å². The molecule has 0 bridgehead atoms. The third-order valence-electron chi connectivity index (χ3n) is 3.54. The second-order valence-electron chi connectivity index (χ2n) is 4.99. The summed E-state index contributed by atoms with van der Waals surface area (Å²) in [5.41, 5.74) is 8.96. The van der Waals surface area contributed by atoms with E-state index in [4.69, 9.17) is 17.3 Å². The lowest BCUT2D eigenvalue weighted by atomic mass is 9.97. The minimum Gasteiger partial charge on any atom is -0.320 e. The highest BCUT2D eigenvalue weighted by Crippen LogP contribution is 2.31. The summed E-state index contributed by atoms with van der Waals surface area (Å²) in [6.07, 6.45) is 0.566. The number of halogens is 1. The smallest absolute Gasteiger partial charge is 0.244 e. The van der Waals surface area contributed by atoms with Crippen LogP contribution in [-0.2, 0) is 17.8 Å². The number of nitrogens with two attached hydrogens (primary N) is 1. The van der Waals surface area contributed by atoms with Gasteiger partial charge in [-0.05, 0) is 29.7 Å². The summed E-state index contributed by atoms with van der Waals surface area (Å²) in [4.78, 5) is 14.1. The summed E-state index contributed by atoms with van der Waals surface area (Å²) in [6.45, 7) is 0.515. The second kappa shape index (κ2) is 5.27. The van der Waals surface area contributed by atoms with Crippen molar-refractivity contribution < 1.29 is 4.79 Å². The van der Waals surface area contributed by atoms with E-state index in [-0.39, 0.29) is 5.91 Å². The molecule has 1 heterocycles. The van der Waals surface area contributed by atoms with Crippen LogP contribution in [0.4, 0.5) is 5.69 Å². The molecule has 1 aliphatic heterocycles. The van der Waals surface area contributed by atoms with Gasteiger partial charge in [0, 0.05) is 10.7 Å². The van der Waals surface area contributed by atoms with Crippen molar-refractivity contribution in [1.29, 1.82) is 0 Å². The summed E-state index contributed by atoms with van der Waals surface area (Å²) in [7, 11) is 0. The van der Waals surface area contributed by atoms with Crippen LogP contribution in [0.5, 0.6) is 0 Å². The number of fused-ring (bicyclic) bond motifs is 1. The fourth-order valence-corrected chi connectivity index (χ4v) is 2.70. The minimum atomic E-state index is -0.479. The molecule has 2 N–H and O–H groups in total. The van der Waals surface area contributed by atoms with Gasteiger partial charge in [0.25, 0.3) is 0 Å². The van der Waals surface area contributed by atoms with E-state index in [0.717, 1.165) is 16.8 Å². The number of amides is 1. The zero-order valence-corrected chi connectivity index (χ0v) is 11.7. The first-order valence-corrected chi connectivity index (χ1v) is 6.92. The summed E-state index contributed by atoms with van der Waals surface area (Å²) < 4.78 is 0. The van der Waals surface area contributed by atoms with Crippen molar-refractivity contribution in [2.24, 2.45) is 5.73 Å². The van der Waals surface area contributed by atoms with Gasteiger partial charge >= 0.3 is 0 Å². The van der Waals surface area contributed by atoms with Crippen molar-refractivity contribution >= 4 is 23.2 Å². The van der Waals surface area contributed by atoms with Crippen LogP contribution in [0.15, 0.2) is 48.5 Å². The molecule has 1 atom stereocenters. The summed E-state index contributed by atoms with van der Waals surface area (Å²) in [6, 6.07) is 15.0. The standard InChI is InChI=1S/C16H15ClN2O/c17-13-7-6-12-8-14(18)16(20)19(15(12)9-13)10-11-4-2-1-3-5-11/h1-7,9,14H,8,10,18H2/t14-/m1/s1. The number of anilines is 1. The molecule has 102 valence electrons. The van der Waals surface area contributed by atoms with Crippen LogP contribution in [-0.4, -0.2) is 11.9 Å². The lowest BCUT2D eigenvalue weighted by molar-refractivity contribution is -0.120. The first kappa shape index (κ1) is 13.2. The Labute approximate surface area is 123 Å². The minimum absolute atomic E-state index is 0.0522. The fourth-order valence-electron chi connectivity index (χ4n) is 2.53. The predicted molar refractivity (Wildman–Crippen MR) is 80.8 cm³/mol. The molecule has 1 aliphatic rings. The predicted octanol–water partition coefficient (Wildman–Crippen LogP) is 2.76. The maximum absolute atomic E-state index is 12.4. The lowest BCUT2D eigenvalue weighted by Crippen LogP contribution is -2.48. The average molecular weight is 287 g/mol. The SMILES string of the molecule is N[C@@H]1Cc2ccc(Cl)cc2N(Cc2ccccc2)C1=O. The molecule has 1 amide bonds. The quantitative estimate of drug-likeness (QED) is 0.923. The molecule has 20 heavy (non-hydrogen) atoms. The molecule has 0 fully saturated rings. The third-order valence-corrected chi connectivity index (χ3v) is 3.78. The van der Waals surface area contributed by atoms with Crippen LogP contribution in [0.3, 0.4) is 0 Å². The Hall–Kier alpha value is -1.84. The van der Waals surface area contributed by atoms with Crippen LogP contribution in [0.2, 0.25) is 5.02 Å². The summed E-state index contributed by atoms with van der Waals surface area (Å²) >= 11 is 6.06. The van der Waals surface area contributed by atoms with Crippen LogP contribution in [0.1, 0.15) is 11.1 Å². The largest absolute Gasteiger partial charge is 0.320 e. The first-order valence-electron chi connectivity index (χ1n) is 6.54. The second-order valence-corrected chi connectivity index (χ2v) is 5.43. The van der Waals surface area contributed by atoms with E-state index in [0.29, 0.717) is 18.0 Å². The van der Waals surface area contributed by atoms with Crippen molar-refractivity contribution in [3.63, 3.8) is 0 Å². The monoisotopic (exact) mass is 286 g/mol. The fraction of sp³-hybridized carbons (Fsp3) is 0.188. The molecule has 2 aromatic carbocycles. The van der Waals surface area contributed by atoms with Gasteiger partial charge in [-0.2, -0.15) is 0 Å². The van der Waals surface area contributed by atoms with Crippen molar-refractivity contribution in [2.75, 3.05) is 4.90 Å². The molecule has 0 saturated heterocycles. The molecule has 0 radical (unpaired) electrons. The van der Waals surface area contributed by atoms with E-state index in [1.165, 1.54) is 0 Å². The highest BCUT2D eigenvalue weighted by molar-refractivity contribution is 6.31. The van der Waals surface area contributed by atoms with Crippen molar-refractivity contribution in [3.8, 4) is 0 Å². The maximum atomic E-state index is 12.4. The Kier molecular flexibility index (Phi) is 3.47. The summed E-state index contributed by atoms with van der Waals surface area (Å²) in [5, 5.41) is 0.630. The van der Waals surface area contributed by atoms with Crippen LogP contribution in [0.25, 0.3) is 0 Å². The Bertz CT molecular complexity index is 642. The number of hydrogen-bond acceptors (Lipinski definition) is 2. The van der Waals surface area contributed by atoms with Gasteiger partial charge in [0.15, 0.2) is 0 Å². The molecule has 3 nitrogen and oxygen atoms in total. The van der Waals surface area contributed by atoms with E-state index >= 15 is 0 Å². The van der Waals surface area contributed by atoms with E-state index in [2.05, 4.69) is 0 Å². The van der Waals surface area contributed by atoms with E-state index in [1.807, 2.05) is 48.5 Å². The third kappa shape index (κ3) is 2.42. The molecule has 3 rings (SSSR count). The maximum Gasteiger partial charge on any atom is 0.244 e. The molecule has 4 heteroatoms. The van der Waals surface area contributed by atoms with Gasteiger partial charge in [-0.25, -0.2) is 0 Å². The molecular weight excluding hydrogens is 272 g/mol. The highest BCUT2D eigenvalue weighted by atomic mass is 35.5. The molecule has 0 aliphatic carbocycles. The van der Waals surface area contributed by atoms with Crippen molar-refractivity contribution in [1.82, 2.24) is 0 Å². The van der Waals surface area contributed by atoms with Gasteiger partial charge in [0.1, 0.15) is 0 Å². The number of carbonyl (C=O) groups excluding carboxylic acids is 1. The summed E-state index contributed by atoms with van der Waals surface area (Å²) in [5.74, 6) is -0.0522. The molecule has 0 unspecified atom stereocenters. The Morgan fingerprint density at radius 2 is 1.95 bits per heavy atom. The van der Waals surface area contributed by atoms with Gasteiger partial charge in [0.05, 0.1) is 12.6 Å². The van der Waals surface area contributed by atoms with Crippen molar-refractivity contribution in [2.45, 2.75) is 19.0 Å². The lowest BCUT2D eigenvalue weighted by Gasteiger charge is -2.33. The number of benzene rings is 2. The molecular formula is C16H15ClN2O. The molecule has 0 aromatic heterocycles. The Morgan fingerprint density at radius 1 is 1.20 bits per heavy atom. The molecule has 0 spiro atoms. The number of nitrogens with zero attached hydrogens (tertiary/aromatic N) is 1. The van der Waals surface area contributed by atoms with Gasteiger partial charge in [0.2, 0.25) is 5.91 Å². The molecule has 2 aromatic rings. The number of rotatable bonds is 2. The van der Waals surface area contributed by atoms with Gasteiger partial charge in [-0.3, -0.25) is 4.79 Å². The van der Waals surface area contributed by atoms with Crippen LogP contribution < -0.4 is 10.6 Å². The zero-order valence-electron chi connectivity index (χ0n) is 10.9. The number of carbonyl (C=O) groups is 1. The number of hydrogen-bond donors (Lipinski definition) is 1. The average Bonchev–Trinajstić information content (AvgIpc) is 2.46. The first-order chi connectivity index (χ1) is 9.65. The Balaban J connectivity index is 2.00. The van der Waals surface area contributed by atoms with Crippen molar-refractivity contribution in [3.05, 3.63) is 64.7 Å². The van der Waals surface area contributed by atoms with E-state index in [9.17, 15) is 4.79 Å². The van der Waals surface area contributed by atoms with Crippen LogP contribution in [0, 0.1) is 0 Å². The van der Waals surface area contributed by atoms with Crippen LogP contribution >= 0.6 is 11.6 Å². The van der Waals surface area contributed by atoms with Gasteiger partial charge in [-0.15, -0.1) is 0 Å². The zero-order chi connectivity index (χ0) is 14.1. The highest BCUT2D eigenvalue weighted by Gasteiger charge is 2.30.